The Balaban J connectivity index is 2.36. The van der Waals surface area contributed by atoms with Crippen LogP contribution in [0.2, 0.25) is 0 Å². The Kier molecular flexibility index (Phi) is 3.32. The summed E-state index contributed by atoms with van der Waals surface area (Å²) in [6, 6.07) is 1.77. The van der Waals surface area contributed by atoms with E-state index in [4.69, 9.17) is 0 Å². The van der Waals surface area contributed by atoms with Gasteiger partial charge in [-0.25, -0.2) is 0 Å². The van der Waals surface area contributed by atoms with Gasteiger partial charge in [-0.3, -0.25) is 14.5 Å². The van der Waals surface area contributed by atoms with Crippen molar-refractivity contribution in [3.63, 3.8) is 0 Å². The number of carbonyl (C=O) groups excluding carboxylic acids is 1. The monoisotopic (exact) mass is 229 g/mol. The topological polar surface area (TPSA) is 47.8 Å². The lowest BCUT2D eigenvalue weighted by atomic mass is 10.0. The molecule has 0 aliphatic carbocycles. The Labute approximate surface area is 100 Å². The van der Waals surface area contributed by atoms with Gasteiger partial charge in [-0.1, -0.05) is 6.92 Å². The molecule has 4 nitrogen and oxygen atoms in total. The quantitative estimate of drug-likeness (QED) is 0.754. The van der Waals surface area contributed by atoms with Gasteiger partial charge in [0.2, 0.25) is 0 Å². The number of hydrogen-bond acceptors (Lipinski definition) is 3. The van der Waals surface area contributed by atoms with Gasteiger partial charge in [0.25, 0.3) is 0 Å². The molecule has 0 atom stereocenters. The Morgan fingerprint density at radius 2 is 2.18 bits per heavy atom. The zero-order valence-electron chi connectivity index (χ0n) is 10.1. The summed E-state index contributed by atoms with van der Waals surface area (Å²) >= 11 is 0. The van der Waals surface area contributed by atoms with Crippen molar-refractivity contribution < 1.29 is 4.79 Å². The average molecular weight is 229 g/mol. The number of aromatic nitrogens is 3. The van der Waals surface area contributed by atoms with Crippen LogP contribution < -0.4 is 0 Å². The van der Waals surface area contributed by atoms with Crippen molar-refractivity contribution >= 4 is 5.78 Å². The molecule has 0 spiro atoms. The third-order valence-electron chi connectivity index (χ3n) is 2.75. The van der Waals surface area contributed by atoms with Gasteiger partial charge in [-0.05, 0) is 25.0 Å². The standard InChI is InChI=1S/C13H15N3O/c1-3-10-7-14-6-5-12(10)13(17)11-8-15-16(4-2)9-11/h5-9H,3-4H2,1-2H3. The fourth-order valence-corrected chi connectivity index (χ4v) is 1.74. The third-order valence-corrected chi connectivity index (χ3v) is 2.75. The van der Waals surface area contributed by atoms with Crippen molar-refractivity contribution in [1.82, 2.24) is 14.8 Å². The first-order valence-electron chi connectivity index (χ1n) is 5.76. The van der Waals surface area contributed by atoms with Crippen molar-refractivity contribution in [2.45, 2.75) is 26.8 Å². The molecule has 4 heteroatoms. The molecule has 0 saturated carbocycles. The zero-order chi connectivity index (χ0) is 12.3. The van der Waals surface area contributed by atoms with Gasteiger partial charge >= 0.3 is 0 Å². The van der Waals surface area contributed by atoms with Crippen LogP contribution in [0.25, 0.3) is 0 Å². The van der Waals surface area contributed by atoms with Gasteiger partial charge in [-0.2, -0.15) is 5.10 Å². The molecule has 0 unspecified atom stereocenters. The van der Waals surface area contributed by atoms with Crippen molar-refractivity contribution in [3.05, 3.63) is 47.5 Å². The van der Waals surface area contributed by atoms with Crippen molar-refractivity contribution in [1.29, 1.82) is 0 Å². The van der Waals surface area contributed by atoms with Crippen LogP contribution in [0.3, 0.4) is 0 Å². The lowest BCUT2D eigenvalue weighted by Crippen LogP contribution is -2.04. The van der Waals surface area contributed by atoms with Gasteiger partial charge in [0.1, 0.15) is 0 Å². The average Bonchev–Trinajstić information content (AvgIpc) is 2.86. The smallest absolute Gasteiger partial charge is 0.196 e. The third kappa shape index (κ3) is 2.25. The van der Waals surface area contributed by atoms with Crippen LogP contribution in [-0.2, 0) is 13.0 Å². The minimum absolute atomic E-state index is 0.0175. The second-order valence-corrected chi connectivity index (χ2v) is 3.80. The summed E-state index contributed by atoms with van der Waals surface area (Å²) in [5.41, 5.74) is 2.33. The summed E-state index contributed by atoms with van der Waals surface area (Å²) in [4.78, 5) is 16.3. The van der Waals surface area contributed by atoms with E-state index in [2.05, 4.69) is 10.1 Å². The van der Waals surface area contributed by atoms with Crippen molar-refractivity contribution in [2.24, 2.45) is 0 Å². The predicted molar refractivity (Wildman–Crippen MR) is 64.9 cm³/mol. The minimum Gasteiger partial charge on any atom is -0.288 e. The summed E-state index contributed by atoms with van der Waals surface area (Å²) in [5.74, 6) is 0.0175. The molecule has 0 fully saturated rings. The highest BCUT2D eigenvalue weighted by molar-refractivity contribution is 6.09. The molecule has 17 heavy (non-hydrogen) atoms. The Hall–Kier alpha value is -1.97. The molecular weight excluding hydrogens is 214 g/mol. The van der Waals surface area contributed by atoms with E-state index in [1.807, 2.05) is 13.8 Å². The number of pyridine rings is 1. The summed E-state index contributed by atoms with van der Waals surface area (Å²) in [5, 5.41) is 4.12. The van der Waals surface area contributed by atoms with Crippen LogP contribution in [-0.4, -0.2) is 20.5 Å². The number of ketones is 1. The molecule has 0 aliphatic rings. The lowest BCUT2D eigenvalue weighted by molar-refractivity contribution is 0.103. The molecule has 0 aromatic carbocycles. The number of carbonyl (C=O) groups is 1. The second kappa shape index (κ2) is 4.91. The molecule has 2 aromatic rings. The Morgan fingerprint density at radius 1 is 1.35 bits per heavy atom. The molecule has 2 aromatic heterocycles. The highest BCUT2D eigenvalue weighted by Gasteiger charge is 2.14. The van der Waals surface area contributed by atoms with Gasteiger partial charge in [-0.15, -0.1) is 0 Å². The number of aryl methyl sites for hydroxylation is 2. The molecule has 0 saturated heterocycles. The van der Waals surface area contributed by atoms with E-state index in [9.17, 15) is 4.79 Å². The molecule has 88 valence electrons. The second-order valence-electron chi connectivity index (χ2n) is 3.80. The SMILES string of the molecule is CCc1cnccc1C(=O)c1cnn(CC)c1. The Bertz CT molecular complexity index is 531. The van der Waals surface area contributed by atoms with Gasteiger partial charge in [0.05, 0.1) is 11.8 Å². The maximum atomic E-state index is 12.3. The van der Waals surface area contributed by atoms with E-state index in [0.717, 1.165) is 24.1 Å². The highest BCUT2D eigenvalue weighted by Crippen LogP contribution is 2.13. The maximum absolute atomic E-state index is 12.3. The summed E-state index contributed by atoms with van der Waals surface area (Å²) in [7, 11) is 0. The normalized spacial score (nSPS) is 10.5. The van der Waals surface area contributed by atoms with E-state index in [0.29, 0.717) is 5.56 Å². The van der Waals surface area contributed by atoms with Crippen LogP contribution in [0, 0.1) is 0 Å². The molecular formula is C13H15N3O. The molecule has 0 aliphatic heterocycles. The molecule has 2 heterocycles. The van der Waals surface area contributed by atoms with E-state index in [1.165, 1.54) is 0 Å². The van der Waals surface area contributed by atoms with E-state index in [1.54, 1.807) is 35.5 Å². The molecule has 0 bridgehead atoms. The summed E-state index contributed by atoms with van der Waals surface area (Å²) in [6.45, 7) is 4.78. The van der Waals surface area contributed by atoms with E-state index < -0.39 is 0 Å². The van der Waals surface area contributed by atoms with Crippen molar-refractivity contribution in [3.8, 4) is 0 Å². The van der Waals surface area contributed by atoms with E-state index in [-0.39, 0.29) is 5.78 Å². The largest absolute Gasteiger partial charge is 0.288 e. The highest BCUT2D eigenvalue weighted by atomic mass is 16.1. The van der Waals surface area contributed by atoms with Gasteiger partial charge in [0, 0.05) is 30.7 Å². The predicted octanol–water partition coefficient (Wildman–Crippen LogP) is 2.09. The van der Waals surface area contributed by atoms with Crippen LogP contribution >= 0.6 is 0 Å². The van der Waals surface area contributed by atoms with Crippen LogP contribution in [0.1, 0.15) is 35.3 Å². The van der Waals surface area contributed by atoms with Gasteiger partial charge in [0.15, 0.2) is 5.78 Å². The number of nitrogens with zero attached hydrogens (tertiary/aromatic N) is 3. The lowest BCUT2D eigenvalue weighted by Gasteiger charge is -2.03. The molecule has 2 rings (SSSR count). The molecule has 0 N–H and O–H groups in total. The summed E-state index contributed by atoms with van der Waals surface area (Å²) < 4.78 is 1.75. The Morgan fingerprint density at radius 3 is 2.82 bits per heavy atom. The van der Waals surface area contributed by atoms with Crippen molar-refractivity contribution in [2.75, 3.05) is 0 Å². The van der Waals surface area contributed by atoms with Crippen LogP contribution in [0.4, 0.5) is 0 Å². The minimum atomic E-state index is 0.0175. The molecule has 0 radical (unpaired) electrons. The van der Waals surface area contributed by atoms with Gasteiger partial charge < -0.3 is 0 Å². The fraction of sp³-hybridized carbons (Fsp3) is 0.308. The summed E-state index contributed by atoms with van der Waals surface area (Å²) in [6.07, 6.45) is 7.60. The van der Waals surface area contributed by atoms with Crippen LogP contribution in [0.5, 0.6) is 0 Å². The number of rotatable bonds is 4. The maximum Gasteiger partial charge on any atom is 0.196 e. The number of hydrogen-bond donors (Lipinski definition) is 0. The fourth-order valence-electron chi connectivity index (χ4n) is 1.74. The first-order chi connectivity index (χ1) is 8.26. The van der Waals surface area contributed by atoms with Crippen LogP contribution in [0.15, 0.2) is 30.9 Å². The zero-order valence-corrected chi connectivity index (χ0v) is 10.1. The molecule has 0 amide bonds. The first kappa shape index (κ1) is 11.5. The first-order valence-corrected chi connectivity index (χ1v) is 5.76. The van der Waals surface area contributed by atoms with E-state index >= 15 is 0 Å².